The van der Waals surface area contributed by atoms with Crippen molar-refractivity contribution < 1.29 is 4.79 Å². The first kappa shape index (κ1) is 14.5. The highest BCUT2D eigenvalue weighted by molar-refractivity contribution is 7.15. The zero-order valence-corrected chi connectivity index (χ0v) is 13.1. The van der Waals surface area contributed by atoms with Gasteiger partial charge in [0.1, 0.15) is 11.6 Å². The molecule has 0 radical (unpaired) electrons. The van der Waals surface area contributed by atoms with Gasteiger partial charge in [0.2, 0.25) is 11.0 Å². The second kappa shape index (κ2) is 6.16. The molecule has 0 aliphatic carbocycles. The van der Waals surface area contributed by atoms with Crippen LogP contribution in [0.1, 0.15) is 5.01 Å². The number of aromatic nitrogens is 4. The van der Waals surface area contributed by atoms with Crippen LogP contribution in [0.25, 0.3) is 10.6 Å². The Labute approximate surface area is 133 Å². The van der Waals surface area contributed by atoms with Crippen molar-refractivity contribution in [2.24, 2.45) is 0 Å². The molecule has 0 aliphatic rings. The van der Waals surface area contributed by atoms with Crippen molar-refractivity contribution in [3.8, 4) is 10.6 Å². The molecule has 1 N–H and O–H groups in total. The molecular formula is C13H11N5O2S2. The number of carbonyl (C=O) groups excluding carboxylic acids is 1. The van der Waals surface area contributed by atoms with E-state index in [4.69, 9.17) is 0 Å². The van der Waals surface area contributed by atoms with E-state index >= 15 is 0 Å². The number of nitrogens with one attached hydrogen (secondary N) is 1. The Kier molecular flexibility index (Phi) is 4.07. The fourth-order valence-corrected chi connectivity index (χ4v) is 3.07. The minimum absolute atomic E-state index is 0.116. The standard InChI is InChI=1S/C13H11N5O2S2/c1-8-16-17-13(22-8)15-11(19)6-18-7-14-9(5-12(18)20)10-3-2-4-21-10/h2-5,7H,6H2,1H3,(H,15,17,19). The van der Waals surface area contributed by atoms with Crippen LogP contribution in [0.15, 0.2) is 34.7 Å². The monoisotopic (exact) mass is 333 g/mol. The molecule has 0 saturated heterocycles. The molecule has 0 fully saturated rings. The zero-order valence-electron chi connectivity index (χ0n) is 11.5. The van der Waals surface area contributed by atoms with Crippen molar-refractivity contribution in [2.75, 3.05) is 5.32 Å². The number of hydrogen-bond donors (Lipinski definition) is 1. The highest BCUT2D eigenvalue weighted by Gasteiger charge is 2.09. The molecule has 0 bridgehead atoms. The van der Waals surface area contributed by atoms with Crippen LogP contribution >= 0.6 is 22.7 Å². The fourth-order valence-electron chi connectivity index (χ4n) is 1.76. The summed E-state index contributed by atoms with van der Waals surface area (Å²) in [6.45, 7) is 1.68. The molecule has 0 saturated carbocycles. The van der Waals surface area contributed by atoms with Crippen molar-refractivity contribution in [2.45, 2.75) is 13.5 Å². The predicted molar refractivity (Wildman–Crippen MR) is 85.1 cm³/mol. The summed E-state index contributed by atoms with van der Waals surface area (Å²) in [4.78, 5) is 29.1. The average molecular weight is 333 g/mol. The van der Waals surface area contributed by atoms with Crippen LogP contribution in [-0.2, 0) is 11.3 Å². The van der Waals surface area contributed by atoms with E-state index in [0.29, 0.717) is 10.8 Å². The Hall–Kier alpha value is -2.39. The van der Waals surface area contributed by atoms with E-state index in [1.165, 1.54) is 39.6 Å². The fraction of sp³-hybridized carbons (Fsp3) is 0.154. The highest BCUT2D eigenvalue weighted by Crippen LogP contribution is 2.20. The van der Waals surface area contributed by atoms with Crippen LogP contribution in [0.5, 0.6) is 0 Å². The van der Waals surface area contributed by atoms with Gasteiger partial charge in [-0.1, -0.05) is 17.4 Å². The summed E-state index contributed by atoms with van der Waals surface area (Å²) in [5, 5.41) is 13.3. The molecule has 3 rings (SSSR count). The number of aryl methyl sites for hydroxylation is 1. The van der Waals surface area contributed by atoms with Crippen molar-refractivity contribution in [1.82, 2.24) is 19.7 Å². The molecule has 3 aromatic heterocycles. The largest absolute Gasteiger partial charge is 0.299 e. The number of hydrogen-bond acceptors (Lipinski definition) is 7. The van der Waals surface area contributed by atoms with Crippen molar-refractivity contribution in [3.63, 3.8) is 0 Å². The molecular weight excluding hydrogens is 322 g/mol. The smallest absolute Gasteiger partial charge is 0.254 e. The van der Waals surface area contributed by atoms with Gasteiger partial charge in [-0.3, -0.25) is 19.5 Å². The summed E-state index contributed by atoms with van der Waals surface area (Å²) in [5.74, 6) is -0.344. The molecule has 3 heterocycles. The number of thiophene rings is 1. The molecule has 22 heavy (non-hydrogen) atoms. The topological polar surface area (TPSA) is 89.8 Å². The first-order valence-corrected chi connectivity index (χ1v) is 8.02. The van der Waals surface area contributed by atoms with Crippen molar-refractivity contribution in [1.29, 1.82) is 0 Å². The van der Waals surface area contributed by atoms with Gasteiger partial charge in [-0.25, -0.2) is 4.98 Å². The summed E-state index contributed by atoms with van der Waals surface area (Å²) >= 11 is 2.78. The Morgan fingerprint density at radius 1 is 1.41 bits per heavy atom. The molecule has 9 heteroatoms. The third-order valence-corrected chi connectivity index (χ3v) is 4.39. The van der Waals surface area contributed by atoms with Crippen molar-refractivity contribution >= 4 is 33.7 Å². The summed E-state index contributed by atoms with van der Waals surface area (Å²) in [7, 11) is 0. The number of rotatable bonds is 4. The number of carbonyl (C=O) groups is 1. The Balaban J connectivity index is 1.72. The quantitative estimate of drug-likeness (QED) is 0.786. The third kappa shape index (κ3) is 3.26. The van der Waals surface area contributed by atoms with Crippen LogP contribution in [0.3, 0.4) is 0 Å². The van der Waals surface area contributed by atoms with Gasteiger partial charge >= 0.3 is 0 Å². The Morgan fingerprint density at radius 3 is 2.91 bits per heavy atom. The van der Waals surface area contributed by atoms with Gasteiger partial charge in [0.15, 0.2) is 0 Å². The van der Waals surface area contributed by atoms with Gasteiger partial charge in [-0.15, -0.1) is 21.5 Å². The summed E-state index contributed by atoms with van der Waals surface area (Å²) < 4.78 is 1.25. The van der Waals surface area contributed by atoms with E-state index in [9.17, 15) is 9.59 Å². The highest BCUT2D eigenvalue weighted by atomic mass is 32.1. The summed E-state index contributed by atoms with van der Waals surface area (Å²) in [6.07, 6.45) is 1.38. The van der Waals surface area contributed by atoms with Crippen molar-refractivity contribution in [3.05, 3.63) is 45.3 Å². The molecule has 7 nitrogen and oxygen atoms in total. The maximum atomic E-state index is 12.0. The number of anilines is 1. The van der Waals surface area contributed by atoms with Crippen LogP contribution in [0.2, 0.25) is 0 Å². The predicted octanol–water partition coefficient (Wildman–Crippen LogP) is 1.77. The molecule has 112 valence electrons. The average Bonchev–Trinajstić information content (AvgIpc) is 3.13. The van der Waals surface area contributed by atoms with E-state index in [1.807, 2.05) is 17.5 Å². The second-order valence-corrected chi connectivity index (χ2v) is 6.52. The lowest BCUT2D eigenvalue weighted by atomic mass is 10.3. The van der Waals surface area contributed by atoms with Gasteiger partial charge in [0, 0.05) is 6.07 Å². The van der Waals surface area contributed by atoms with Gasteiger partial charge in [0.05, 0.1) is 16.9 Å². The SMILES string of the molecule is Cc1nnc(NC(=O)Cn2cnc(-c3cccs3)cc2=O)s1. The number of nitrogens with zero attached hydrogens (tertiary/aromatic N) is 4. The van der Waals surface area contributed by atoms with Crippen LogP contribution < -0.4 is 10.9 Å². The van der Waals surface area contributed by atoms with E-state index in [1.54, 1.807) is 6.92 Å². The number of amides is 1. The van der Waals surface area contributed by atoms with E-state index in [0.717, 1.165) is 9.88 Å². The molecule has 1 amide bonds. The van der Waals surface area contributed by atoms with Crippen LogP contribution in [0.4, 0.5) is 5.13 Å². The molecule has 0 spiro atoms. The first-order chi connectivity index (χ1) is 10.6. The van der Waals surface area contributed by atoms with Gasteiger partial charge < -0.3 is 0 Å². The lowest BCUT2D eigenvalue weighted by Crippen LogP contribution is -2.27. The van der Waals surface area contributed by atoms with E-state index in [-0.39, 0.29) is 18.0 Å². The third-order valence-electron chi connectivity index (χ3n) is 2.74. The molecule has 0 atom stereocenters. The second-order valence-electron chi connectivity index (χ2n) is 4.39. The van der Waals surface area contributed by atoms with E-state index in [2.05, 4.69) is 20.5 Å². The van der Waals surface area contributed by atoms with Crippen LogP contribution in [0, 0.1) is 6.92 Å². The molecule has 0 unspecified atom stereocenters. The Morgan fingerprint density at radius 2 is 2.27 bits per heavy atom. The van der Waals surface area contributed by atoms with Gasteiger partial charge in [0.25, 0.3) is 5.56 Å². The summed E-state index contributed by atoms with van der Waals surface area (Å²) in [6, 6.07) is 5.21. The lowest BCUT2D eigenvalue weighted by Gasteiger charge is -2.05. The molecule has 0 aliphatic heterocycles. The minimum atomic E-state index is -0.344. The van der Waals surface area contributed by atoms with E-state index < -0.39 is 0 Å². The minimum Gasteiger partial charge on any atom is -0.299 e. The normalized spacial score (nSPS) is 10.6. The Bertz CT molecular complexity index is 853. The maximum absolute atomic E-state index is 12.0. The van der Waals surface area contributed by atoms with Gasteiger partial charge in [-0.2, -0.15) is 0 Å². The maximum Gasteiger partial charge on any atom is 0.254 e. The summed E-state index contributed by atoms with van der Waals surface area (Å²) in [5.41, 5.74) is 0.332. The lowest BCUT2D eigenvalue weighted by molar-refractivity contribution is -0.116. The zero-order chi connectivity index (χ0) is 15.5. The first-order valence-electron chi connectivity index (χ1n) is 6.32. The molecule has 3 aromatic rings. The molecule has 0 aromatic carbocycles. The van der Waals surface area contributed by atoms with Crippen LogP contribution in [-0.4, -0.2) is 25.7 Å². The van der Waals surface area contributed by atoms with Gasteiger partial charge in [-0.05, 0) is 18.4 Å².